The molecule has 0 saturated heterocycles. The van der Waals surface area contributed by atoms with Crippen molar-refractivity contribution in [1.82, 2.24) is 0 Å². The highest BCUT2D eigenvalue weighted by molar-refractivity contribution is 5.15. The zero-order valence-electron chi connectivity index (χ0n) is 12.3. The van der Waals surface area contributed by atoms with Gasteiger partial charge < -0.3 is 0 Å². The van der Waals surface area contributed by atoms with Gasteiger partial charge in [0.05, 0.1) is 0 Å². The minimum Gasteiger partial charge on any atom is -0.0956 e. The van der Waals surface area contributed by atoms with Crippen molar-refractivity contribution in [3.05, 3.63) is 36.0 Å². The second-order valence-electron chi connectivity index (χ2n) is 4.74. The molecule has 0 spiro atoms. The predicted molar refractivity (Wildman–Crippen MR) is 77.7 cm³/mol. The summed E-state index contributed by atoms with van der Waals surface area (Å²) in [7, 11) is 0. The maximum Gasteiger partial charge on any atom is -0.0225 e. The van der Waals surface area contributed by atoms with Crippen LogP contribution in [0.25, 0.3) is 0 Å². The lowest BCUT2D eigenvalue weighted by Crippen LogP contribution is -1.86. The molecule has 0 aliphatic heterocycles. The molecule has 16 heavy (non-hydrogen) atoms. The van der Waals surface area contributed by atoms with Crippen molar-refractivity contribution < 1.29 is 0 Å². The molecule has 0 fully saturated rings. The Morgan fingerprint density at radius 1 is 1.12 bits per heavy atom. The van der Waals surface area contributed by atoms with Crippen LogP contribution in [0.15, 0.2) is 36.0 Å². The lowest BCUT2D eigenvalue weighted by molar-refractivity contribution is 0.763. The van der Waals surface area contributed by atoms with E-state index in [0.717, 1.165) is 5.92 Å². The summed E-state index contributed by atoms with van der Waals surface area (Å²) in [5, 5.41) is 0. The van der Waals surface area contributed by atoms with E-state index in [2.05, 4.69) is 54.2 Å². The Hall–Kier alpha value is -0.780. The van der Waals surface area contributed by atoms with Crippen molar-refractivity contribution in [2.75, 3.05) is 0 Å². The van der Waals surface area contributed by atoms with Gasteiger partial charge in [0.1, 0.15) is 0 Å². The summed E-state index contributed by atoms with van der Waals surface area (Å²) >= 11 is 0. The third-order valence-corrected chi connectivity index (χ3v) is 2.56. The zero-order chi connectivity index (χ0) is 13.1. The number of hydrogen-bond acceptors (Lipinski definition) is 0. The van der Waals surface area contributed by atoms with E-state index in [1.165, 1.54) is 17.6 Å². The van der Waals surface area contributed by atoms with Crippen LogP contribution in [0, 0.1) is 11.8 Å². The fourth-order valence-corrected chi connectivity index (χ4v) is 0.964. The molecular formula is C16H30. The van der Waals surface area contributed by atoms with Gasteiger partial charge in [0.2, 0.25) is 0 Å². The topological polar surface area (TPSA) is 0 Å². The Balaban J connectivity index is 0. The molecule has 0 radical (unpaired) electrons. The highest BCUT2D eigenvalue weighted by Crippen LogP contribution is 2.07. The predicted octanol–water partition coefficient (Wildman–Crippen LogP) is 5.77. The molecule has 0 heterocycles. The lowest BCUT2D eigenvalue weighted by Gasteiger charge is -2.01. The molecule has 0 rings (SSSR count). The second-order valence-corrected chi connectivity index (χ2v) is 4.74. The molecule has 94 valence electrons. The van der Waals surface area contributed by atoms with E-state index in [1.807, 2.05) is 19.1 Å². The van der Waals surface area contributed by atoms with Gasteiger partial charge in [0, 0.05) is 0 Å². The summed E-state index contributed by atoms with van der Waals surface area (Å²) in [6.07, 6.45) is 7.52. The van der Waals surface area contributed by atoms with Crippen LogP contribution in [0.1, 0.15) is 54.9 Å². The molecule has 0 saturated carbocycles. The van der Waals surface area contributed by atoms with E-state index in [9.17, 15) is 0 Å². The maximum atomic E-state index is 3.86. The van der Waals surface area contributed by atoms with Gasteiger partial charge in [-0.3, -0.25) is 0 Å². The van der Waals surface area contributed by atoms with E-state index in [-0.39, 0.29) is 0 Å². The average Bonchev–Trinajstić information content (AvgIpc) is 2.19. The molecule has 0 amide bonds. The number of hydrogen-bond donors (Lipinski definition) is 0. The molecule has 0 aliphatic rings. The van der Waals surface area contributed by atoms with Crippen LogP contribution in [0.5, 0.6) is 0 Å². The molecule has 0 N–H and O–H groups in total. The van der Waals surface area contributed by atoms with E-state index in [1.54, 1.807) is 0 Å². The normalized spacial score (nSPS) is 11.9. The average molecular weight is 222 g/mol. The van der Waals surface area contributed by atoms with Gasteiger partial charge in [0.15, 0.2) is 0 Å². The molecule has 0 bridgehead atoms. The second kappa shape index (κ2) is 10.7. The van der Waals surface area contributed by atoms with Crippen molar-refractivity contribution in [3.8, 4) is 0 Å². The first-order chi connectivity index (χ1) is 7.36. The summed E-state index contributed by atoms with van der Waals surface area (Å²) in [4.78, 5) is 0. The van der Waals surface area contributed by atoms with Crippen LogP contribution in [-0.4, -0.2) is 0 Å². The smallest absolute Gasteiger partial charge is 0.0225 e. The molecule has 0 heteroatoms. The Morgan fingerprint density at radius 3 is 1.75 bits per heavy atom. The first-order valence-corrected chi connectivity index (χ1v) is 6.34. The van der Waals surface area contributed by atoms with E-state index in [4.69, 9.17) is 0 Å². The van der Waals surface area contributed by atoms with Crippen LogP contribution in [-0.2, 0) is 0 Å². The quantitative estimate of drug-likeness (QED) is 0.418. The van der Waals surface area contributed by atoms with Crippen LogP contribution in [0.3, 0.4) is 0 Å². The van der Waals surface area contributed by atoms with Crippen molar-refractivity contribution in [2.24, 2.45) is 11.8 Å². The molecule has 0 aromatic rings. The van der Waals surface area contributed by atoms with Gasteiger partial charge in [-0.1, -0.05) is 70.6 Å². The third-order valence-electron chi connectivity index (χ3n) is 2.56. The van der Waals surface area contributed by atoms with E-state index in [0.29, 0.717) is 5.92 Å². The molecule has 0 nitrogen and oxygen atoms in total. The molecular weight excluding hydrogens is 192 g/mol. The van der Waals surface area contributed by atoms with Gasteiger partial charge in [-0.05, 0) is 32.1 Å². The highest BCUT2D eigenvalue weighted by Gasteiger charge is 1.92. The largest absolute Gasteiger partial charge is 0.0956 e. The maximum absolute atomic E-state index is 3.86. The summed E-state index contributed by atoms with van der Waals surface area (Å²) in [6, 6.07) is 0. The fraction of sp³-hybridized carbons (Fsp3) is 0.625. The Kier molecular flexibility index (Phi) is 11.8. The number of allylic oxidation sites excluding steroid dienone is 5. The summed E-state index contributed by atoms with van der Waals surface area (Å²) in [5.74, 6) is 1.32. The lowest BCUT2D eigenvalue weighted by atomic mass is 10.0. The Morgan fingerprint density at radius 2 is 1.62 bits per heavy atom. The molecule has 0 atom stereocenters. The van der Waals surface area contributed by atoms with E-state index >= 15 is 0 Å². The molecule has 0 aromatic heterocycles. The van der Waals surface area contributed by atoms with Gasteiger partial charge in [0.25, 0.3) is 0 Å². The summed E-state index contributed by atoms with van der Waals surface area (Å²) in [5.41, 5.74) is 2.71. The van der Waals surface area contributed by atoms with Gasteiger partial charge in [-0.25, -0.2) is 0 Å². The van der Waals surface area contributed by atoms with Crippen LogP contribution >= 0.6 is 0 Å². The first kappa shape index (κ1) is 17.6. The highest BCUT2D eigenvalue weighted by atomic mass is 14.0. The van der Waals surface area contributed by atoms with Crippen LogP contribution in [0.2, 0.25) is 0 Å². The van der Waals surface area contributed by atoms with Gasteiger partial charge >= 0.3 is 0 Å². The minimum absolute atomic E-state index is 0.589. The Bertz CT molecular complexity index is 220. The first-order valence-electron chi connectivity index (χ1n) is 6.34. The van der Waals surface area contributed by atoms with Crippen molar-refractivity contribution >= 4 is 0 Å². The third kappa shape index (κ3) is 11.3. The summed E-state index contributed by atoms with van der Waals surface area (Å²) in [6.45, 7) is 19.0. The zero-order valence-corrected chi connectivity index (χ0v) is 12.3. The van der Waals surface area contributed by atoms with Crippen molar-refractivity contribution in [3.63, 3.8) is 0 Å². The monoisotopic (exact) mass is 222 g/mol. The fourth-order valence-electron chi connectivity index (χ4n) is 0.964. The molecule has 0 aliphatic carbocycles. The summed E-state index contributed by atoms with van der Waals surface area (Å²) < 4.78 is 0. The standard InChI is InChI=1S/C8H16.C8H14/c2*1-5-6-8(4)7(2)3/h6-7H,5H2,1-4H3;5-7H,4H2,1-3H3/b8-6+;6-5-. The molecule has 0 unspecified atom stereocenters. The van der Waals surface area contributed by atoms with Crippen LogP contribution < -0.4 is 0 Å². The van der Waals surface area contributed by atoms with Crippen molar-refractivity contribution in [2.45, 2.75) is 54.9 Å². The van der Waals surface area contributed by atoms with Gasteiger partial charge in [-0.2, -0.15) is 0 Å². The molecule has 0 aromatic carbocycles. The SMILES string of the molecule is C=C(/C=C\C)C(C)C.CC/C=C(\C)C(C)C. The van der Waals surface area contributed by atoms with E-state index < -0.39 is 0 Å². The van der Waals surface area contributed by atoms with Crippen LogP contribution in [0.4, 0.5) is 0 Å². The van der Waals surface area contributed by atoms with Gasteiger partial charge in [-0.15, -0.1) is 0 Å². The van der Waals surface area contributed by atoms with Crippen molar-refractivity contribution in [1.29, 1.82) is 0 Å². The Labute approximate surface area is 103 Å². The minimum atomic E-state index is 0.589. The number of rotatable bonds is 4.